The number of amides is 2. The fourth-order valence-corrected chi connectivity index (χ4v) is 4.77. The number of nitrogens with two attached hydrogens (primary N) is 1. The lowest BCUT2D eigenvalue weighted by Crippen LogP contribution is -2.35. The van der Waals surface area contributed by atoms with E-state index in [4.69, 9.17) is 50.1 Å². The van der Waals surface area contributed by atoms with Crippen LogP contribution in [0, 0.1) is 5.41 Å². The zero-order valence-corrected chi connectivity index (χ0v) is 24.9. The van der Waals surface area contributed by atoms with Crippen LogP contribution in [0.25, 0.3) is 11.1 Å². The average molecular weight is 641 g/mol. The van der Waals surface area contributed by atoms with E-state index in [1.54, 1.807) is 66.7 Å². The second-order valence-electron chi connectivity index (χ2n) is 8.83. The van der Waals surface area contributed by atoms with E-state index in [1.807, 2.05) is 11.8 Å². The molecule has 0 bridgehead atoms. The van der Waals surface area contributed by atoms with Crippen LogP contribution in [0.15, 0.2) is 77.7 Å². The minimum absolute atomic E-state index is 0.0113. The van der Waals surface area contributed by atoms with Crippen LogP contribution < -0.4 is 20.7 Å². The first-order valence-corrected chi connectivity index (χ1v) is 14.9. The summed E-state index contributed by atoms with van der Waals surface area (Å²) < 4.78 is 26.9. The summed E-state index contributed by atoms with van der Waals surface area (Å²) in [7, 11) is -3.91. The number of benzene rings is 3. The van der Waals surface area contributed by atoms with Gasteiger partial charge in [0.25, 0.3) is 0 Å². The number of rotatable bonds is 10. The quantitative estimate of drug-likeness (QED) is 0.134. The number of nitrogens with zero attached hydrogens (tertiary/aromatic N) is 1. The van der Waals surface area contributed by atoms with E-state index in [1.165, 1.54) is 6.07 Å². The van der Waals surface area contributed by atoms with Gasteiger partial charge in [0.1, 0.15) is 12.4 Å². The third-order valence-corrected chi connectivity index (χ3v) is 6.89. The number of ether oxygens (including phenoxy) is 1. The standard InChI is InChI=1S/C27H28Cl3N5O5S/c1-2-14-35(21-7-5-6-19(15-21)25(31)34-26(37)40-17-27(28,29)30)16-24(36)33-20-12-10-18(11-13-20)22-8-3-4-9-23(22)41(32,38)39/h3-13,15H,2,14,16-17H2,1H3,(H,33,36)(H2,31,34,37)(H2,32,38,39). The first-order valence-electron chi connectivity index (χ1n) is 12.2. The van der Waals surface area contributed by atoms with Crippen molar-refractivity contribution >= 4 is 74.0 Å². The van der Waals surface area contributed by atoms with Gasteiger partial charge in [-0.2, -0.15) is 0 Å². The summed E-state index contributed by atoms with van der Waals surface area (Å²) in [5.74, 6) is -0.517. The van der Waals surface area contributed by atoms with Crippen molar-refractivity contribution in [2.45, 2.75) is 22.0 Å². The summed E-state index contributed by atoms with van der Waals surface area (Å²) in [5, 5.41) is 18.7. The summed E-state index contributed by atoms with van der Waals surface area (Å²) in [6, 6.07) is 19.9. The first-order chi connectivity index (χ1) is 19.3. The van der Waals surface area contributed by atoms with Crippen LogP contribution in [0.2, 0.25) is 0 Å². The minimum Gasteiger partial charge on any atom is -0.445 e. The predicted octanol–water partition coefficient (Wildman–Crippen LogP) is 5.28. The molecular weight excluding hydrogens is 613 g/mol. The van der Waals surface area contributed by atoms with E-state index in [2.05, 4.69) is 10.6 Å². The lowest BCUT2D eigenvalue weighted by molar-refractivity contribution is -0.115. The number of alkyl halides is 3. The molecular formula is C27H28Cl3N5O5S. The number of alkyl carbamates (subject to hydrolysis) is 1. The third kappa shape index (κ3) is 9.91. The van der Waals surface area contributed by atoms with Gasteiger partial charge < -0.3 is 15.0 Å². The number of halogens is 3. The summed E-state index contributed by atoms with van der Waals surface area (Å²) in [4.78, 5) is 26.7. The molecule has 3 aromatic rings. The van der Waals surface area contributed by atoms with Gasteiger partial charge in [-0.1, -0.05) is 84.2 Å². The Balaban J connectivity index is 1.68. The number of sulfonamides is 1. The number of nitrogens with one attached hydrogen (secondary N) is 3. The fraction of sp³-hybridized carbons (Fsp3) is 0.222. The lowest BCUT2D eigenvalue weighted by Gasteiger charge is -2.24. The van der Waals surface area contributed by atoms with Crippen molar-refractivity contribution in [1.29, 1.82) is 5.41 Å². The number of hydrogen-bond acceptors (Lipinski definition) is 7. The molecule has 0 aliphatic heterocycles. The maximum atomic E-state index is 12.9. The van der Waals surface area contributed by atoms with Crippen molar-refractivity contribution in [2.24, 2.45) is 5.14 Å². The molecule has 41 heavy (non-hydrogen) atoms. The number of amidine groups is 1. The molecule has 14 heteroatoms. The highest BCUT2D eigenvalue weighted by Gasteiger charge is 2.23. The molecule has 0 saturated heterocycles. The van der Waals surface area contributed by atoms with Crippen molar-refractivity contribution in [3.05, 3.63) is 78.4 Å². The highest BCUT2D eigenvalue weighted by Crippen LogP contribution is 2.28. The molecule has 0 unspecified atom stereocenters. The van der Waals surface area contributed by atoms with Crippen LogP contribution >= 0.6 is 34.8 Å². The van der Waals surface area contributed by atoms with Crippen LogP contribution in [0.5, 0.6) is 0 Å². The topological polar surface area (TPSA) is 155 Å². The van der Waals surface area contributed by atoms with Crippen LogP contribution in [0.1, 0.15) is 18.9 Å². The molecule has 218 valence electrons. The second-order valence-corrected chi connectivity index (χ2v) is 12.9. The van der Waals surface area contributed by atoms with Gasteiger partial charge in [0.2, 0.25) is 19.7 Å². The van der Waals surface area contributed by atoms with Gasteiger partial charge >= 0.3 is 6.09 Å². The Morgan fingerprint density at radius 2 is 1.71 bits per heavy atom. The largest absolute Gasteiger partial charge is 0.445 e. The summed E-state index contributed by atoms with van der Waals surface area (Å²) >= 11 is 16.7. The molecule has 5 N–H and O–H groups in total. The maximum Gasteiger partial charge on any atom is 0.412 e. The van der Waals surface area contributed by atoms with E-state index in [0.29, 0.717) is 34.6 Å². The van der Waals surface area contributed by atoms with E-state index in [-0.39, 0.29) is 23.2 Å². The van der Waals surface area contributed by atoms with Gasteiger partial charge in [-0.25, -0.2) is 18.4 Å². The summed E-state index contributed by atoms with van der Waals surface area (Å²) in [6.45, 7) is 2.05. The smallest absolute Gasteiger partial charge is 0.412 e. The van der Waals surface area contributed by atoms with Gasteiger partial charge in [0.15, 0.2) is 0 Å². The molecule has 0 aromatic heterocycles. The molecule has 2 amide bonds. The second kappa shape index (κ2) is 14.0. The Morgan fingerprint density at radius 3 is 2.34 bits per heavy atom. The molecule has 10 nitrogen and oxygen atoms in total. The monoisotopic (exact) mass is 639 g/mol. The van der Waals surface area contributed by atoms with E-state index in [9.17, 15) is 18.0 Å². The van der Waals surface area contributed by atoms with Gasteiger partial charge in [-0.05, 0) is 42.3 Å². The Morgan fingerprint density at radius 1 is 1.02 bits per heavy atom. The Labute approximate surface area is 253 Å². The van der Waals surface area contributed by atoms with Gasteiger partial charge in [-0.15, -0.1) is 0 Å². The van der Waals surface area contributed by atoms with Gasteiger partial charge in [0.05, 0.1) is 11.4 Å². The number of primary sulfonamides is 1. The molecule has 0 aliphatic rings. The highest BCUT2D eigenvalue weighted by molar-refractivity contribution is 7.89. The Hall–Kier alpha value is -3.35. The zero-order valence-electron chi connectivity index (χ0n) is 21.9. The van der Waals surface area contributed by atoms with Crippen LogP contribution in [0.4, 0.5) is 16.2 Å². The van der Waals surface area contributed by atoms with Gasteiger partial charge in [-0.3, -0.25) is 15.5 Å². The van der Waals surface area contributed by atoms with Crippen molar-refractivity contribution in [1.82, 2.24) is 5.32 Å². The van der Waals surface area contributed by atoms with Crippen molar-refractivity contribution in [3.8, 4) is 11.1 Å². The zero-order chi connectivity index (χ0) is 30.2. The number of hydrogen-bond donors (Lipinski definition) is 4. The van der Waals surface area contributed by atoms with E-state index < -0.39 is 26.5 Å². The van der Waals surface area contributed by atoms with Crippen LogP contribution in [-0.2, 0) is 19.6 Å². The van der Waals surface area contributed by atoms with Crippen molar-refractivity contribution < 1.29 is 22.7 Å². The fourth-order valence-electron chi connectivity index (χ4n) is 3.85. The summed E-state index contributed by atoms with van der Waals surface area (Å²) in [6.07, 6.45) is -0.204. The molecule has 3 rings (SSSR count). The molecule has 3 aromatic carbocycles. The van der Waals surface area contributed by atoms with E-state index in [0.717, 1.165) is 6.42 Å². The molecule has 0 fully saturated rings. The Bertz CT molecular complexity index is 1510. The minimum atomic E-state index is -3.91. The predicted molar refractivity (Wildman–Crippen MR) is 162 cm³/mol. The maximum absolute atomic E-state index is 12.9. The molecule has 0 radical (unpaired) electrons. The van der Waals surface area contributed by atoms with Crippen molar-refractivity contribution in [2.75, 3.05) is 29.9 Å². The molecule has 0 saturated carbocycles. The normalized spacial score (nSPS) is 11.4. The van der Waals surface area contributed by atoms with Gasteiger partial charge in [0, 0.05) is 29.0 Å². The number of carbonyl (C=O) groups excluding carboxylic acids is 2. The first kappa shape index (κ1) is 32.2. The Kier molecular flexibility index (Phi) is 11.0. The molecule has 0 heterocycles. The molecule has 0 aliphatic carbocycles. The summed E-state index contributed by atoms with van der Waals surface area (Å²) in [5.41, 5.74) is 2.65. The van der Waals surface area contributed by atoms with Crippen LogP contribution in [-0.4, -0.2) is 49.7 Å². The molecule has 0 atom stereocenters. The molecule has 0 spiro atoms. The SMILES string of the molecule is CCCN(CC(=O)Nc1ccc(-c2ccccc2S(N)(=O)=O)cc1)c1cccc(C(=N)NC(=O)OCC(Cl)(Cl)Cl)c1. The number of carbonyl (C=O) groups is 2. The van der Waals surface area contributed by atoms with E-state index >= 15 is 0 Å². The van der Waals surface area contributed by atoms with Crippen LogP contribution in [0.3, 0.4) is 0 Å². The third-order valence-electron chi connectivity index (χ3n) is 5.60. The lowest BCUT2D eigenvalue weighted by atomic mass is 10.1. The average Bonchev–Trinajstić information content (AvgIpc) is 2.91. The number of anilines is 2. The van der Waals surface area contributed by atoms with Crippen molar-refractivity contribution in [3.63, 3.8) is 0 Å². The highest BCUT2D eigenvalue weighted by atomic mass is 35.6.